The molecule has 10 unspecified atom stereocenters. The molecule has 0 heterocycles. The molecule has 4 aliphatic rings. The van der Waals surface area contributed by atoms with Crippen molar-refractivity contribution in [1.82, 2.24) is 0 Å². The van der Waals surface area contributed by atoms with Gasteiger partial charge in [0, 0.05) is 12.2 Å². The fraction of sp³-hybridized carbons (Fsp3) is 0.644. The van der Waals surface area contributed by atoms with Crippen LogP contribution in [-0.4, -0.2) is 65.2 Å². The summed E-state index contributed by atoms with van der Waals surface area (Å²) in [5.74, 6) is 5.12. The van der Waals surface area contributed by atoms with Gasteiger partial charge in [-0.25, -0.2) is 9.59 Å². The van der Waals surface area contributed by atoms with Crippen LogP contribution in [0.5, 0.6) is 11.5 Å². The van der Waals surface area contributed by atoms with Gasteiger partial charge in [0.05, 0.1) is 6.10 Å². The van der Waals surface area contributed by atoms with Gasteiger partial charge in [-0.3, -0.25) is 0 Å². The Morgan fingerprint density at radius 2 is 0.952 bits per heavy atom. The largest absolute Gasteiger partial charge is 0.482 e. The van der Waals surface area contributed by atoms with E-state index in [-0.39, 0.29) is 60.7 Å². The van der Waals surface area contributed by atoms with Crippen molar-refractivity contribution in [1.29, 1.82) is 0 Å². The Bertz CT molecular complexity index is 2460. The molecule has 0 bridgehead atoms. The van der Waals surface area contributed by atoms with Gasteiger partial charge in [0.25, 0.3) is 0 Å². The third-order valence-corrected chi connectivity index (χ3v) is 29.6. The summed E-state index contributed by atoms with van der Waals surface area (Å²) in [6.07, 6.45) is 20.8. The van der Waals surface area contributed by atoms with E-state index in [0.29, 0.717) is 41.6 Å². The Balaban J connectivity index is 0.000000241. The lowest BCUT2D eigenvalue weighted by molar-refractivity contribution is -0.148. The number of fused-ring (bicyclic) bond motifs is 4. The van der Waals surface area contributed by atoms with Crippen molar-refractivity contribution in [3.8, 4) is 11.5 Å². The molecule has 2 fully saturated rings. The average molecular weight is 1190 g/mol. The Morgan fingerprint density at radius 3 is 1.37 bits per heavy atom. The number of rotatable bonds is 28. The zero-order chi connectivity index (χ0) is 60.7. The molecule has 11 heteroatoms. The van der Waals surface area contributed by atoms with Gasteiger partial charge in [-0.05, 0) is 187 Å². The summed E-state index contributed by atoms with van der Waals surface area (Å²) < 4.78 is 37.4. The van der Waals surface area contributed by atoms with E-state index < -0.39 is 16.6 Å². The molecule has 1 N–H and O–H groups in total. The molecular weight excluding hydrogens is 1080 g/mol. The monoisotopic (exact) mass is 1190 g/mol. The predicted octanol–water partition coefficient (Wildman–Crippen LogP) is 17.8. The van der Waals surface area contributed by atoms with Gasteiger partial charge in [-0.2, -0.15) is 0 Å². The molecule has 4 aromatic carbocycles. The SMILES string of the molecule is CCCCCC(C)CCC1C(O[Si](C)(C)C(C)(C)C)CC2Cc3c(cccc3OCC(=O)OCc3ccccc3)CC21.CCCCCC(O)CCC1C(O[Si](C)(C)C(C)(C)C)CC2Cc3c(cccc3OCC(=O)OCc3ccccc3)CC21. The van der Waals surface area contributed by atoms with Crippen LogP contribution < -0.4 is 9.47 Å². The van der Waals surface area contributed by atoms with Crippen LogP contribution in [0.1, 0.15) is 186 Å². The van der Waals surface area contributed by atoms with Gasteiger partial charge >= 0.3 is 11.9 Å². The summed E-state index contributed by atoms with van der Waals surface area (Å²) in [7, 11) is -3.83. The smallest absolute Gasteiger partial charge is 0.344 e. The minimum absolute atomic E-state index is 0.0625. The number of esters is 2. The lowest BCUT2D eigenvalue weighted by Crippen LogP contribution is -2.45. The van der Waals surface area contributed by atoms with E-state index >= 15 is 0 Å². The van der Waals surface area contributed by atoms with Gasteiger partial charge < -0.3 is 32.9 Å². The number of benzene rings is 4. The number of aliphatic hydroxyl groups excluding tert-OH is 1. The number of ether oxygens (including phenoxy) is 4. The van der Waals surface area contributed by atoms with Crippen LogP contribution in [0.25, 0.3) is 0 Å². The van der Waals surface area contributed by atoms with Crippen molar-refractivity contribution in [3.05, 3.63) is 130 Å². The second-order valence-corrected chi connectivity index (χ2v) is 38.4. The summed E-state index contributed by atoms with van der Waals surface area (Å²) in [6.45, 7) is 30.9. The van der Waals surface area contributed by atoms with Gasteiger partial charge in [0.2, 0.25) is 0 Å². The van der Waals surface area contributed by atoms with Crippen LogP contribution in [0.2, 0.25) is 36.3 Å². The molecule has 0 amide bonds. The minimum atomic E-state index is -1.95. The Kier molecular flexibility index (Phi) is 24.9. The Hall–Kier alpha value is -4.27. The first-order chi connectivity index (χ1) is 40.0. The summed E-state index contributed by atoms with van der Waals surface area (Å²) in [6, 6.07) is 32.2. The fourth-order valence-electron chi connectivity index (χ4n) is 13.6. The standard InChI is InChI=1S/C37H56O4Si.C36H54O5Si/c1-8-9-11-15-27(2)20-21-31-32-22-29-18-14-19-34(39-26-36(38)40-25-28-16-12-10-13-17-28)33(29)23-30(32)24-35(31)41-42(6,7)37(3,4)5;1-7-8-10-17-29(37)19-20-30-31-21-27-16-13-18-33(39-25-35(38)40-24-26-14-11-9-12-15-26)32(27)22-28(31)23-34(30)41-42(5,6)36(2,3)4/h10,12-14,16-19,27,30-32,35H,8-9,11,15,20-26H2,1-7H3;9,11-16,18,28-31,34,37H,7-8,10,17,19-25H2,1-6H3. The van der Waals surface area contributed by atoms with Gasteiger partial charge in [0.15, 0.2) is 29.8 Å². The molecule has 4 aliphatic carbocycles. The van der Waals surface area contributed by atoms with E-state index in [1.807, 2.05) is 72.8 Å². The van der Waals surface area contributed by atoms with Gasteiger partial charge in [-0.15, -0.1) is 0 Å². The fourth-order valence-corrected chi connectivity index (χ4v) is 16.3. The summed E-state index contributed by atoms with van der Waals surface area (Å²) >= 11 is 0. The normalized spacial score (nSPS) is 22.7. The van der Waals surface area contributed by atoms with Gasteiger partial charge in [0.1, 0.15) is 24.7 Å². The molecule has 0 radical (unpaired) electrons. The summed E-state index contributed by atoms with van der Waals surface area (Å²) in [4.78, 5) is 25.0. The van der Waals surface area contributed by atoms with Crippen LogP contribution in [0, 0.1) is 41.4 Å². The zero-order valence-electron chi connectivity index (χ0n) is 54.3. The van der Waals surface area contributed by atoms with Crippen molar-refractivity contribution >= 4 is 28.6 Å². The van der Waals surface area contributed by atoms with E-state index in [1.54, 1.807) is 0 Å². The molecule has 9 nitrogen and oxygen atoms in total. The maximum atomic E-state index is 12.5. The van der Waals surface area contributed by atoms with E-state index in [0.717, 1.165) is 92.8 Å². The first-order valence-corrected chi connectivity index (χ1v) is 38.7. The Morgan fingerprint density at radius 1 is 0.536 bits per heavy atom. The quantitative estimate of drug-likeness (QED) is 0.0338. The molecule has 8 rings (SSSR count). The van der Waals surface area contributed by atoms with Crippen molar-refractivity contribution in [2.24, 2.45) is 41.4 Å². The van der Waals surface area contributed by atoms with E-state index in [4.69, 9.17) is 27.8 Å². The molecule has 2 saturated carbocycles. The summed E-state index contributed by atoms with van der Waals surface area (Å²) in [5.41, 5.74) is 7.19. The maximum absolute atomic E-state index is 12.5. The van der Waals surface area contributed by atoms with Crippen LogP contribution in [0.4, 0.5) is 0 Å². The van der Waals surface area contributed by atoms with E-state index in [9.17, 15) is 14.7 Å². The summed E-state index contributed by atoms with van der Waals surface area (Å²) in [5, 5.41) is 11.2. The van der Waals surface area contributed by atoms with E-state index in [2.05, 4.69) is 113 Å². The van der Waals surface area contributed by atoms with Crippen molar-refractivity contribution < 1.29 is 42.5 Å². The Labute approximate surface area is 510 Å². The van der Waals surface area contributed by atoms with Crippen LogP contribution >= 0.6 is 0 Å². The van der Waals surface area contributed by atoms with Crippen molar-refractivity contribution in [3.63, 3.8) is 0 Å². The highest BCUT2D eigenvalue weighted by Gasteiger charge is 2.51. The van der Waals surface area contributed by atoms with E-state index in [1.165, 1.54) is 73.6 Å². The third kappa shape index (κ3) is 18.9. The molecule has 10 atom stereocenters. The molecule has 0 aromatic heterocycles. The predicted molar refractivity (Wildman–Crippen MR) is 347 cm³/mol. The third-order valence-electron chi connectivity index (χ3n) is 20.6. The van der Waals surface area contributed by atoms with Crippen molar-refractivity contribution in [2.45, 2.75) is 246 Å². The lowest BCUT2D eigenvalue weighted by atomic mass is 9.73. The number of hydrogen-bond donors (Lipinski definition) is 1. The first-order valence-electron chi connectivity index (χ1n) is 32.9. The number of hydrogen-bond acceptors (Lipinski definition) is 9. The molecule has 0 aliphatic heterocycles. The number of carbonyl (C=O) groups excluding carboxylic acids is 2. The number of unbranched alkanes of at least 4 members (excludes halogenated alkanes) is 4. The maximum Gasteiger partial charge on any atom is 0.344 e. The number of carbonyl (C=O) groups is 2. The minimum Gasteiger partial charge on any atom is -0.482 e. The average Bonchev–Trinajstić information content (AvgIpc) is 2.19. The lowest BCUT2D eigenvalue weighted by Gasteiger charge is -2.40. The van der Waals surface area contributed by atoms with Crippen molar-refractivity contribution in [2.75, 3.05) is 13.2 Å². The molecule has 0 saturated heterocycles. The topological polar surface area (TPSA) is 110 Å². The van der Waals surface area contributed by atoms with Crippen LogP contribution in [-0.2, 0) is 66.8 Å². The van der Waals surface area contributed by atoms with Crippen LogP contribution in [0.15, 0.2) is 97.1 Å². The highest BCUT2D eigenvalue weighted by atomic mass is 28.4. The van der Waals surface area contributed by atoms with Gasteiger partial charge in [-0.1, -0.05) is 199 Å². The second-order valence-electron chi connectivity index (χ2n) is 28.9. The highest BCUT2D eigenvalue weighted by Crippen LogP contribution is 2.54. The van der Waals surface area contributed by atoms with Crippen LogP contribution in [0.3, 0.4) is 0 Å². The molecule has 84 heavy (non-hydrogen) atoms. The molecule has 464 valence electrons. The first kappa shape index (κ1) is 67.2. The molecule has 4 aromatic rings. The second kappa shape index (κ2) is 31.1. The highest BCUT2D eigenvalue weighted by molar-refractivity contribution is 6.74. The number of aliphatic hydroxyl groups is 1. The molecule has 0 spiro atoms. The zero-order valence-corrected chi connectivity index (χ0v) is 56.3. The molecular formula is C73H110O9Si2.